The summed E-state index contributed by atoms with van der Waals surface area (Å²) >= 11 is 2.76. The Balaban J connectivity index is 1.37. The van der Waals surface area contributed by atoms with Crippen LogP contribution in [0, 0.1) is 11.3 Å². The van der Waals surface area contributed by atoms with Gasteiger partial charge in [0.05, 0.1) is 35.1 Å². The van der Waals surface area contributed by atoms with Gasteiger partial charge in [0, 0.05) is 11.3 Å². The Morgan fingerprint density at radius 2 is 1.94 bits per heavy atom. The third kappa shape index (κ3) is 3.79. The monoisotopic (exact) mass is 459 g/mol. The molecule has 1 spiro atoms. The number of aliphatic imine (C=N–C) groups is 1. The molecule has 31 heavy (non-hydrogen) atoms. The fourth-order valence-electron chi connectivity index (χ4n) is 3.23. The number of fused-ring (bicyclic) bond motifs is 2. The molecule has 0 amide bonds. The molecule has 12 heteroatoms. The molecule has 2 aromatic heterocycles. The molecule has 0 bridgehead atoms. The highest BCUT2D eigenvalue weighted by Gasteiger charge is 2.49. The van der Waals surface area contributed by atoms with Gasteiger partial charge >= 0.3 is 6.18 Å². The molecule has 7 nitrogen and oxygen atoms in total. The summed E-state index contributed by atoms with van der Waals surface area (Å²) in [4.78, 5) is 6.28. The number of hydrogen-bond donors (Lipinski definition) is 0. The molecule has 0 atom stereocenters. The first kappa shape index (κ1) is 20.0. The summed E-state index contributed by atoms with van der Waals surface area (Å²) in [6.45, 7) is 0. The number of thioether (sulfide) groups is 2. The Morgan fingerprint density at radius 3 is 2.61 bits per heavy atom. The van der Waals surface area contributed by atoms with Gasteiger partial charge in [0.15, 0.2) is 5.82 Å². The molecule has 1 fully saturated rings. The van der Waals surface area contributed by atoms with Crippen LogP contribution in [0.4, 0.5) is 13.2 Å². The van der Waals surface area contributed by atoms with Crippen molar-refractivity contribution in [3.05, 3.63) is 58.9 Å². The minimum absolute atomic E-state index is 0.0152. The van der Waals surface area contributed by atoms with Crippen molar-refractivity contribution in [3.8, 4) is 11.9 Å². The van der Waals surface area contributed by atoms with Crippen molar-refractivity contribution in [3.63, 3.8) is 0 Å². The van der Waals surface area contributed by atoms with E-state index in [1.54, 1.807) is 12.4 Å². The summed E-state index contributed by atoms with van der Waals surface area (Å²) in [7, 11) is 0. The minimum atomic E-state index is -4.48. The lowest BCUT2D eigenvalue weighted by Gasteiger charge is -2.21. The van der Waals surface area contributed by atoms with E-state index in [1.807, 2.05) is 12.1 Å². The molecule has 1 aliphatic carbocycles. The second-order valence-electron chi connectivity index (χ2n) is 7.02. The Morgan fingerprint density at radius 1 is 1.16 bits per heavy atom. The zero-order valence-electron chi connectivity index (χ0n) is 15.7. The number of benzene rings is 1. The van der Waals surface area contributed by atoms with Gasteiger partial charge in [0.25, 0.3) is 0 Å². The van der Waals surface area contributed by atoms with Crippen LogP contribution in [0.2, 0.25) is 0 Å². The van der Waals surface area contributed by atoms with E-state index in [-0.39, 0.29) is 11.1 Å². The summed E-state index contributed by atoms with van der Waals surface area (Å²) < 4.78 is 39.5. The highest BCUT2D eigenvalue weighted by Crippen LogP contribution is 2.56. The molecule has 0 unspecified atom stereocenters. The molecular formula is C19H12F3N7S2. The molecule has 3 heterocycles. The van der Waals surface area contributed by atoms with Crippen LogP contribution in [0.3, 0.4) is 0 Å². The number of nitriles is 1. The fraction of sp³-hybridized carbons (Fsp3) is 0.263. The molecule has 1 saturated carbocycles. The van der Waals surface area contributed by atoms with Gasteiger partial charge in [-0.1, -0.05) is 17.8 Å². The second kappa shape index (κ2) is 7.35. The van der Waals surface area contributed by atoms with Gasteiger partial charge in [0.1, 0.15) is 9.40 Å². The average molecular weight is 459 g/mol. The number of nitrogens with zero attached hydrogens (tertiary/aromatic N) is 7. The van der Waals surface area contributed by atoms with E-state index >= 15 is 0 Å². The fourth-order valence-corrected chi connectivity index (χ4v) is 5.48. The van der Waals surface area contributed by atoms with Crippen molar-refractivity contribution < 1.29 is 13.2 Å². The standard InChI is InChI=1S/C19H12F3N7S2/c20-19(21,22)13-2-1-11(12(7-13)9-23)10-30-17-26-18(3-4-18)14-8-15(27-28-16(14)31-17)29-24-5-6-25-29/h1-2,5-8H,3-4,10H2. The Kier molecular flexibility index (Phi) is 4.75. The van der Waals surface area contributed by atoms with Crippen molar-refractivity contribution in [1.82, 2.24) is 25.2 Å². The molecule has 0 radical (unpaired) electrons. The Hall–Kier alpha value is -2.91. The highest BCUT2D eigenvalue weighted by atomic mass is 32.2. The number of alkyl halides is 3. The lowest BCUT2D eigenvalue weighted by atomic mass is 10.1. The zero-order chi connectivity index (χ0) is 21.6. The molecule has 1 aliphatic heterocycles. The van der Waals surface area contributed by atoms with E-state index in [0.717, 1.165) is 39.9 Å². The summed E-state index contributed by atoms with van der Waals surface area (Å²) in [5.41, 5.74) is 0.355. The summed E-state index contributed by atoms with van der Waals surface area (Å²) in [5, 5.41) is 26.7. The smallest absolute Gasteiger partial charge is 0.260 e. The molecule has 3 aromatic rings. The van der Waals surface area contributed by atoms with E-state index in [9.17, 15) is 18.4 Å². The van der Waals surface area contributed by atoms with Crippen LogP contribution < -0.4 is 0 Å². The van der Waals surface area contributed by atoms with Crippen LogP contribution in [0.15, 0.2) is 46.7 Å². The largest absolute Gasteiger partial charge is 0.416 e. The maximum absolute atomic E-state index is 12.9. The van der Waals surface area contributed by atoms with Gasteiger partial charge in [-0.05, 0) is 48.4 Å². The Labute approximate surface area is 182 Å². The molecule has 2 aliphatic rings. The maximum Gasteiger partial charge on any atom is 0.416 e. The Bertz CT molecular complexity index is 1230. The molecule has 156 valence electrons. The highest BCUT2D eigenvalue weighted by molar-refractivity contribution is 8.38. The SMILES string of the molecule is N#Cc1cc(C(F)(F)F)ccc1CSC1=NC2(CC2)c2cc(-n3nccn3)nnc2S1. The van der Waals surface area contributed by atoms with Crippen LogP contribution in [-0.2, 0) is 17.5 Å². The van der Waals surface area contributed by atoms with Crippen molar-refractivity contribution in [2.24, 2.45) is 4.99 Å². The second-order valence-corrected chi connectivity index (χ2v) is 9.22. The van der Waals surface area contributed by atoms with Crippen molar-refractivity contribution >= 4 is 27.9 Å². The van der Waals surface area contributed by atoms with E-state index in [1.165, 1.54) is 34.4 Å². The van der Waals surface area contributed by atoms with Crippen molar-refractivity contribution in [2.45, 2.75) is 35.3 Å². The minimum Gasteiger partial charge on any atom is -0.260 e. The van der Waals surface area contributed by atoms with Crippen LogP contribution in [-0.4, -0.2) is 29.6 Å². The first-order valence-corrected chi connectivity index (χ1v) is 10.9. The lowest BCUT2D eigenvalue weighted by molar-refractivity contribution is -0.137. The van der Waals surface area contributed by atoms with Gasteiger partial charge in [-0.3, -0.25) is 4.99 Å². The van der Waals surface area contributed by atoms with Crippen LogP contribution >= 0.6 is 23.5 Å². The number of aromatic nitrogens is 5. The maximum atomic E-state index is 12.9. The first-order chi connectivity index (χ1) is 14.9. The topological polar surface area (TPSA) is 92.6 Å². The molecule has 1 aromatic carbocycles. The normalized spacial score (nSPS) is 16.5. The number of hydrogen-bond acceptors (Lipinski definition) is 8. The molecule has 0 N–H and O–H groups in total. The van der Waals surface area contributed by atoms with E-state index < -0.39 is 11.7 Å². The quantitative estimate of drug-likeness (QED) is 0.575. The van der Waals surface area contributed by atoms with Crippen LogP contribution in [0.1, 0.15) is 35.1 Å². The third-order valence-corrected chi connectivity index (χ3v) is 7.15. The van der Waals surface area contributed by atoms with E-state index in [2.05, 4.69) is 20.4 Å². The van der Waals surface area contributed by atoms with Crippen molar-refractivity contribution in [2.75, 3.05) is 0 Å². The predicted octanol–water partition coefficient (Wildman–Crippen LogP) is 4.33. The van der Waals surface area contributed by atoms with E-state index in [4.69, 9.17) is 4.99 Å². The molecule has 0 saturated heterocycles. The van der Waals surface area contributed by atoms with Crippen molar-refractivity contribution in [1.29, 1.82) is 5.26 Å². The first-order valence-electron chi connectivity index (χ1n) is 9.14. The number of rotatable bonds is 3. The van der Waals surface area contributed by atoms with Gasteiger partial charge in [0.2, 0.25) is 0 Å². The molecular weight excluding hydrogens is 447 g/mol. The number of halogens is 3. The zero-order valence-corrected chi connectivity index (χ0v) is 17.3. The summed E-state index contributed by atoms with van der Waals surface area (Å²) in [6, 6.07) is 7.01. The van der Waals surface area contributed by atoms with E-state index in [0.29, 0.717) is 17.1 Å². The van der Waals surface area contributed by atoms with Gasteiger partial charge < -0.3 is 0 Å². The molecule has 5 rings (SSSR count). The van der Waals surface area contributed by atoms with Gasteiger partial charge in [-0.15, -0.1) is 15.0 Å². The average Bonchev–Trinajstić information content (AvgIpc) is 3.30. The third-order valence-electron chi connectivity index (χ3n) is 4.99. The van der Waals surface area contributed by atoms with Gasteiger partial charge in [-0.25, -0.2) is 0 Å². The van der Waals surface area contributed by atoms with Crippen LogP contribution in [0.5, 0.6) is 0 Å². The van der Waals surface area contributed by atoms with Crippen LogP contribution in [0.25, 0.3) is 5.82 Å². The predicted molar refractivity (Wildman–Crippen MR) is 109 cm³/mol. The summed E-state index contributed by atoms with van der Waals surface area (Å²) in [6.07, 6.45) is 0.405. The summed E-state index contributed by atoms with van der Waals surface area (Å²) in [5.74, 6) is 0.853. The lowest BCUT2D eigenvalue weighted by Crippen LogP contribution is -2.16. The van der Waals surface area contributed by atoms with Gasteiger partial charge in [-0.2, -0.15) is 28.6 Å².